The molecule has 2 heterocycles. The van der Waals surface area contributed by atoms with Crippen molar-refractivity contribution < 1.29 is 5.11 Å². The Morgan fingerprint density at radius 3 is 3.06 bits per heavy atom. The summed E-state index contributed by atoms with van der Waals surface area (Å²) in [7, 11) is 1.97. The van der Waals surface area contributed by atoms with Crippen LogP contribution in [0.2, 0.25) is 0 Å². The maximum atomic E-state index is 9.28. The van der Waals surface area contributed by atoms with Crippen LogP contribution in [-0.2, 0) is 20.0 Å². The molecule has 1 aromatic rings. The van der Waals surface area contributed by atoms with E-state index in [0.717, 1.165) is 25.9 Å². The number of aliphatic hydroxyl groups is 1. The van der Waals surface area contributed by atoms with Gasteiger partial charge in [0.05, 0.1) is 12.3 Å². The van der Waals surface area contributed by atoms with Crippen molar-refractivity contribution in [1.29, 1.82) is 0 Å². The second-order valence-corrected chi connectivity index (χ2v) is 4.58. The van der Waals surface area contributed by atoms with E-state index in [4.69, 9.17) is 0 Å². The van der Waals surface area contributed by atoms with Gasteiger partial charge in [-0.25, -0.2) is 0 Å². The van der Waals surface area contributed by atoms with Gasteiger partial charge in [0.2, 0.25) is 0 Å². The predicted molar refractivity (Wildman–Crippen MR) is 63.1 cm³/mol. The zero-order valence-electron chi connectivity index (χ0n) is 10.2. The van der Waals surface area contributed by atoms with Crippen molar-refractivity contribution in [1.82, 2.24) is 14.7 Å². The van der Waals surface area contributed by atoms with Crippen LogP contribution in [0.3, 0.4) is 0 Å². The average molecular weight is 223 g/mol. The van der Waals surface area contributed by atoms with Crippen molar-refractivity contribution >= 4 is 0 Å². The topological polar surface area (TPSA) is 41.3 Å². The number of hydrogen-bond donors (Lipinski definition) is 1. The van der Waals surface area contributed by atoms with Gasteiger partial charge < -0.3 is 5.11 Å². The van der Waals surface area contributed by atoms with Crippen LogP contribution in [0, 0.1) is 0 Å². The molecule has 16 heavy (non-hydrogen) atoms. The summed E-state index contributed by atoms with van der Waals surface area (Å²) < 4.78 is 1.89. The molecule has 0 amide bonds. The minimum Gasteiger partial charge on any atom is -0.395 e. The number of rotatable bonds is 4. The fourth-order valence-corrected chi connectivity index (χ4v) is 2.54. The molecule has 1 fully saturated rings. The van der Waals surface area contributed by atoms with Crippen LogP contribution >= 0.6 is 0 Å². The summed E-state index contributed by atoms with van der Waals surface area (Å²) in [4.78, 5) is 2.37. The molecule has 90 valence electrons. The fourth-order valence-electron chi connectivity index (χ4n) is 2.54. The smallest absolute Gasteiger partial charge is 0.0666 e. The lowest BCUT2D eigenvalue weighted by molar-refractivity contribution is 0.153. The Morgan fingerprint density at radius 1 is 1.56 bits per heavy atom. The van der Waals surface area contributed by atoms with Gasteiger partial charge in [-0.15, -0.1) is 0 Å². The number of aromatic nitrogens is 2. The van der Waals surface area contributed by atoms with Gasteiger partial charge >= 0.3 is 0 Å². The van der Waals surface area contributed by atoms with Crippen molar-refractivity contribution in [2.24, 2.45) is 7.05 Å². The van der Waals surface area contributed by atoms with E-state index in [1.807, 2.05) is 11.7 Å². The SMILES string of the molecule is CCc1nn(C)cc1CN1CCC[C@@H]1CO. The Bertz CT molecular complexity index is 348. The molecule has 1 aliphatic heterocycles. The Morgan fingerprint density at radius 2 is 2.38 bits per heavy atom. The third-order valence-electron chi connectivity index (χ3n) is 3.41. The van der Waals surface area contributed by atoms with E-state index in [2.05, 4.69) is 23.1 Å². The fraction of sp³-hybridized carbons (Fsp3) is 0.750. The lowest BCUT2D eigenvalue weighted by Crippen LogP contribution is -2.31. The standard InChI is InChI=1S/C12H21N3O/c1-3-12-10(7-14(2)13-12)8-15-6-4-5-11(15)9-16/h7,11,16H,3-6,8-9H2,1-2H3/t11-/m1/s1. The summed E-state index contributed by atoms with van der Waals surface area (Å²) in [5, 5.41) is 13.7. The van der Waals surface area contributed by atoms with E-state index in [1.165, 1.54) is 17.7 Å². The van der Waals surface area contributed by atoms with Crippen LogP contribution < -0.4 is 0 Å². The predicted octanol–water partition coefficient (Wildman–Crippen LogP) is 0.939. The zero-order valence-corrected chi connectivity index (χ0v) is 10.2. The second kappa shape index (κ2) is 4.97. The third-order valence-corrected chi connectivity index (χ3v) is 3.41. The number of aryl methyl sites for hydroxylation is 2. The summed E-state index contributed by atoms with van der Waals surface area (Å²) in [5.74, 6) is 0. The number of hydrogen-bond acceptors (Lipinski definition) is 3. The van der Waals surface area contributed by atoms with Crippen LogP contribution in [0.1, 0.15) is 31.0 Å². The summed E-state index contributed by atoms with van der Waals surface area (Å²) in [6.45, 7) is 4.45. The molecule has 4 nitrogen and oxygen atoms in total. The molecule has 1 saturated heterocycles. The Balaban J connectivity index is 2.07. The first-order valence-electron chi connectivity index (χ1n) is 6.11. The molecule has 2 rings (SSSR count). The number of aliphatic hydroxyl groups excluding tert-OH is 1. The van der Waals surface area contributed by atoms with Crippen molar-refractivity contribution in [3.8, 4) is 0 Å². The zero-order chi connectivity index (χ0) is 11.5. The van der Waals surface area contributed by atoms with Crippen molar-refractivity contribution in [2.75, 3.05) is 13.2 Å². The van der Waals surface area contributed by atoms with Gasteiger partial charge in [-0.2, -0.15) is 5.10 Å². The molecule has 1 aromatic heterocycles. The summed E-state index contributed by atoms with van der Waals surface area (Å²) >= 11 is 0. The van der Waals surface area contributed by atoms with Gasteiger partial charge in [-0.3, -0.25) is 9.58 Å². The monoisotopic (exact) mass is 223 g/mol. The highest BCUT2D eigenvalue weighted by atomic mass is 16.3. The quantitative estimate of drug-likeness (QED) is 0.826. The first kappa shape index (κ1) is 11.6. The van der Waals surface area contributed by atoms with E-state index < -0.39 is 0 Å². The third kappa shape index (κ3) is 2.28. The van der Waals surface area contributed by atoms with E-state index >= 15 is 0 Å². The van der Waals surface area contributed by atoms with Crippen LogP contribution in [0.5, 0.6) is 0 Å². The normalized spacial score (nSPS) is 21.8. The van der Waals surface area contributed by atoms with Crippen molar-refractivity contribution in [3.63, 3.8) is 0 Å². The van der Waals surface area contributed by atoms with Crippen LogP contribution in [0.25, 0.3) is 0 Å². The molecule has 0 radical (unpaired) electrons. The average Bonchev–Trinajstić information content (AvgIpc) is 2.85. The van der Waals surface area contributed by atoms with Gasteiger partial charge in [-0.05, 0) is 25.8 Å². The highest BCUT2D eigenvalue weighted by Gasteiger charge is 2.24. The van der Waals surface area contributed by atoms with Gasteiger partial charge in [0, 0.05) is 31.4 Å². The highest BCUT2D eigenvalue weighted by molar-refractivity contribution is 5.17. The molecular formula is C12H21N3O. The Labute approximate surface area is 96.9 Å². The van der Waals surface area contributed by atoms with Crippen molar-refractivity contribution in [3.05, 3.63) is 17.5 Å². The Kier molecular flexibility index (Phi) is 3.61. The van der Waals surface area contributed by atoms with Gasteiger partial charge in [0.1, 0.15) is 0 Å². The molecule has 0 saturated carbocycles. The maximum Gasteiger partial charge on any atom is 0.0666 e. The molecular weight excluding hydrogens is 202 g/mol. The molecule has 1 N–H and O–H groups in total. The molecule has 4 heteroatoms. The first-order chi connectivity index (χ1) is 7.74. The molecule has 0 aliphatic carbocycles. The number of likely N-dealkylation sites (tertiary alicyclic amines) is 1. The van der Waals surface area contributed by atoms with E-state index in [9.17, 15) is 5.11 Å². The minimum atomic E-state index is 0.279. The molecule has 1 atom stereocenters. The largest absolute Gasteiger partial charge is 0.395 e. The van der Waals surface area contributed by atoms with E-state index in [-0.39, 0.29) is 6.61 Å². The maximum absolute atomic E-state index is 9.28. The van der Waals surface area contributed by atoms with Gasteiger partial charge in [0.25, 0.3) is 0 Å². The van der Waals surface area contributed by atoms with Crippen molar-refractivity contribution in [2.45, 2.75) is 38.8 Å². The minimum absolute atomic E-state index is 0.279. The molecule has 0 spiro atoms. The highest BCUT2D eigenvalue weighted by Crippen LogP contribution is 2.20. The lowest BCUT2D eigenvalue weighted by atomic mass is 10.2. The van der Waals surface area contributed by atoms with Gasteiger partial charge in [0.15, 0.2) is 0 Å². The van der Waals surface area contributed by atoms with Crippen LogP contribution in [-0.4, -0.2) is 39.0 Å². The summed E-state index contributed by atoms with van der Waals surface area (Å²) in [6.07, 6.45) is 5.41. The van der Waals surface area contributed by atoms with Crippen LogP contribution in [0.4, 0.5) is 0 Å². The lowest BCUT2D eigenvalue weighted by Gasteiger charge is -2.22. The molecule has 1 aliphatic rings. The second-order valence-electron chi connectivity index (χ2n) is 4.58. The molecule has 0 unspecified atom stereocenters. The van der Waals surface area contributed by atoms with E-state index in [0.29, 0.717) is 6.04 Å². The van der Waals surface area contributed by atoms with Gasteiger partial charge in [-0.1, -0.05) is 6.92 Å². The molecule has 0 aromatic carbocycles. The van der Waals surface area contributed by atoms with E-state index in [1.54, 1.807) is 0 Å². The summed E-state index contributed by atoms with van der Waals surface area (Å²) in [6, 6.07) is 0.352. The number of nitrogens with zero attached hydrogens (tertiary/aromatic N) is 3. The molecule has 0 bridgehead atoms. The first-order valence-corrected chi connectivity index (χ1v) is 6.11. The summed E-state index contributed by atoms with van der Waals surface area (Å²) in [5.41, 5.74) is 2.50. The Hall–Kier alpha value is -0.870. The van der Waals surface area contributed by atoms with Crippen LogP contribution in [0.15, 0.2) is 6.20 Å².